The molecule has 24 heteroatoms. The number of hydrogen-bond donors (Lipinski definition) is 4. The Labute approximate surface area is 644 Å². The molecule has 0 saturated heterocycles. The topological polar surface area (TPSA) is 317 Å². The Balaban J connectivity index is 0.000000149. The third-order valence-electron chi connectivity index (χ3n) is 17.0. The number of sulfone groups is 2. The number of carbonyl (C=O) groups is 2. The van der Waals surface area contributed by atoms with Crippen molar-refractivity contribution in [3.63, 3.8) is 0 Å². The minimum atomic E-state index is -3.40. The quantitative estimate of drug-likeness (QED) is 0.0735. The first kappa shape index (κ1) is 78.1. The molecule has 0 atom stereocenters. The molecule has 0 unspecified atom stereocenters. The highest BCUT2D eigenvalue weighted by Crippen LogP contribution is 2.37. The molecule has 0 aliphatic rings. The zero-order chi connectivity index (χ0) is 78.9. The zero-order valence-corrected chi connectivity index (χ0v) is 63.7. The molecule has 8 aromatic heterocycles. The van der Waals surface area contributed by atoms with Gasteiger partial charge in [-0.05, 0) is 150 Å². The molecular weight excluding hydrogens is 1430 g/mol. The molecule has 6 N–H and O–H groups in total. The van der Waals surface area contributed by atoms with Gasteiger partial charge in [0.05, 0.1) is 68.3 Å². The summed E-state index contributed by atoms with van der Waals surface area (Å²) in [6.07, 6.45) is 9.26. The van der Waals surface area contributed by atoms with Crippen molar-refractivity contribution in [1.82, 2.24) is 44.9 Å². The van der Waals surface area contributed by atoms with Gasteiger partial charge in [0.15, 0.2) is 29.7 Å². The second-order valence-electron chi connectivity index (χ2n) is 25.8. The molecule has 2 amide bonds. The Morgan fingerprint density at radius 1 is 0.351 bits per heavy atom. The fourth-order valence-electron chi connectivity index (χ4n) is 11.4. The van der Waals surface area contributed by atoms with Crippen LogP contribution in [0.3, 0.4) is 0 Å². The second-order valence-corrected chi connectivity index (χ2v) is 29.7. The number of aromatic nitrogens is 9. The summed E-state index contributed by atoms with van der Waals surface area (Å²) in [6, 6.07) is 70.4. The standard InChI is InChI=1S/C26H20N4O2.C26H23N3O4S.C18H17N3O2S.C17H16N4/c1-17-9-12-21(13-10-17)32-26(31)29-22-15-18(2)24(20-11-14-23(27-3)28-16-20)30-25(22)19-7-5-4-6-8-19;1-17-9-12-21(13-10-17)33-26(30)28-22-15-18(2)24(29-25(22)19-7-5-4-6-8-19)20-11-14-23(27-16-20)34(3,31)32;1-12-10-15(19)18(13-6-4-3-5-7-13)21-17(12)14-8-9-16(20-11-14)24(2,22)23;1-11-8-15(18)17(13-6-4-3-5-7-13)21-16(11)14-9-19-12(2)20-10-14/h4-16H,1-2H3,(H,29,31);4-16H,1-3H3,(H,28,30);3-11H,19H2,1-2H3;3-10H,18H2,1-2H3. The Kier molecular flexibility index (Phi) is 24.7. The molecular formula is C87H76N14O8S2. The highest BCUT2D eigenvalue weighted by atomic mass is 32.2. The molecule has 0 spiro atoms. The first-order chi connectivity index (χ1) is 53.2. The number of anilines is 4. The van der Waals surface area contributed by atoms with E-state index in [2.05, 4.69) is 45.4 Å². The fraction of sp³-hybridized carbons (Fsp3) is 0.103. The molecule has 554 valence electrons. The number of benzene rings is 6. The minimum Gasteiger partial charge on any atom is -0.410 e. The van der Waals surface area contributed by atoms with Gasteiger partial charge in [-0.2, -0.15) is 0 Å². The van der Waals surface area contributed by atoms with E-state index in [4.69, 9.17) is 42.5 Å². The first-order valence-electron chi connectivity index (χ1n) is 34.6. The van der Waals surface area contributed by atoms with Crippen molar-refractivity contribution in [2.24, 2.45) is 0 Å². The number of aryl methyl sites for hydroxylation is 7. The summed E-state index contributed by atoms with van der Waals surface area (Å²) in [7, 11) is -6.73. The van der Waals surface area contributed by atoms with E-state index in [1.807, 2.05) is 224 Å². The summed E-state index contributed by atoms with van der Waals surface area (Å²) < 4.78 is 57.4. The van der Waals surface area contributed by atoms with Crippen LogP contribution in [0.2, 0.25) is 0 Å². The first-order valence-corrected chi connectivity index (χ1v) is 38.4. The average molecular weight is 1510 g/mol. The fourth-order valence-corrected chi connectivity index (χ4v) is 12.5. The number of rotatable bonds is 14. The predicted octanol–water partition coefficient (Wildman–Crippen LogP) is 18.5. The lowest BCUT2D eigenvalue weighted by molar-refractivity contribution is 0.214. The Hall–Kier alpha value is -14.0. The van der Waals surface area contributed by atoms with Crippen LogP contribution in [0.5, 0.6) is 11.5 Å². The zero-order valence-electron chi connectivity index (χ0n) is 62.0. The van der Waals surface area contributed by atoms with E-state index >= 15 is 0 Å². The molecule has 14 aromatic rings. The predicted molar refractivity (Wildman–Crippen MR) is 436 cm³/mol. The van der Waals surface area contributed by atoms with Crippen LogP contribution in [0.25, 0.3) is 94.9 Å². The normalized spacial score (nSPS) is 10.8. The van der Waals surface area contributed by atoms with E-state index in [0.29, 0.717) is 68.4 Å². The molecule has 0 aliphatic heterocycles. The van der Waals surface area contributed by atoms with Gasteiger partial charge in [-0.25, -0.2) is 66.3 Å². The van der Waals surface area contributed by atoms with Crippen molar-refractivity contribution in [2.75, 3.05) is 34.6 Å². The second kappa shape index (κ2) is 35.1. The van der Waals surface area contributed by atoms with Crippen LogP contribution in [0.4, 0.5) is 38.2 Å². The van der Waals surface area contributed by atoms with Gasteiger partial charge in [-0.15, -0.1) is 4.98 Å². The van der Waals surface area contributed by atoms with Crippen molar-refractivity contribution in [3.8, 4) is 102 Å². The number of ether oxygens (including phenoxy) is 2. The number of nitrogens with zero attached hydrogens (tertiary/aromatic N) is 10. The third kappa shape index (κ3) is 20.4. The lowest BCUT2D eigenvalue weighted by atomic mass is 10.0. The van der Waals surface area contributed by atoms with Gasteiger partial charge >= 0.3 is 12.2 Å². The number of amides is 2. The Morgan fingerprint density at radius 3 is 0.973 bits per heavy atom. The largest absolute Gasteiger partial charge is 0.417 e. The van der Waals surface area contributed by atoms with Gasteiger partial charge in [0, 0.05) is 81.8 Å². The number of carbonyl (C=O) groups excluding carboxylic acids is 2. The lowest BCUT2D eigenvalue weighted by Gasteiger charge is -2.15. The Morgan fingerprint density at radius 2 is 0.658 bits per heavy atom. The molecule has 22 nitrogen and oxygen atoms in total. The molecule has 0 fully saturated rings. The van der Waals surface area contributed by atoms with E-state index in [-0.39, 0.29) is 10.1 Å². The van der Waals surface area contributed by atoms with E-state index in [9.17, 15) is 26.4 Å². The number of nitrogen functional groups attached to an aromatic ring is 2. The van der Waals surface area contributed by atoms with Crippen LogP contribution in [-0.2, 0) is 19.7 Å². The maximum absolute atomic E-state index is 12.6. The summed E-state index contributed by atoms with van der Waals surface area (Å²) in [5.41, 5.74) is 32.5. The van der Waals surface area contributed by atoms with Crippen LogP contribution < -0.4 is 31.6 Å². The summed E-state index contributed by atoms with van der Waals surface area (Å²) in [5, 5.41) is 5.67. The molecule has 0 saturated carbocycles. The summed E-state index contributed by atoms with van der Waals surface area (Å²) in [4.78, 5) is 68.4. The van der Waals surface area contributed by atoms with Crippen molar-refractivity contribution in [2.45, 2.75) is 58.5 Å². The van der Waals surface area contributed by atoms with Gasteiger partial charge in [-0.1, -0.05) is 169 Å². The van der Waals surface area contributed by atoms with E-state index < -0.39 is 31.9 Å². The van der Waals surface area contributed by atoms with Crippen LogP contribution in [0.15, 0.2) is 272 Å². The highest BCUT2D eigenvalue weighted by Gasteiger charge is 2.21. The lowest BCUT2D eigenvalue weighted by Crippen LogP contribution is -2.18. The van der Waals surface area contributed by atoms with Gasteiger partial charge in [-0.3, -0.25) is 10.6 Å². The van der Waals surface area contributed by atoms with Crippen LogP contribution in [-0.4, -0.2) is 86.4 Å². The van der Waals surface area contributed by atoms with Crippen LogP contribution >= 0.6 is 0 Å². The number of hydrogen-bond acceptors (Lipinski definition) is 19. The van der Waals surface area contributed by atoms with Crippen molar-refractivity contribution in [1.29, 1.82) is 0 Å². The molecule has 111 heavy (non-hydrogen) atoms. The molecule has 0 aliphatic carbocycles. The van der Waals surface area contributed by atoms with Crippen LogP contribution in [0, 0.1) is 55.0 Å². The SMILES string of the molecule is Cc1cc(N)c(-c2ccccc2)nc1-c1ccc(S(C)(=O)=O)nc1.Cc1ccc(OC(=O)Nc2cc(C)c(-c3ccc(S(C)(=O)=O)nc3)nc2-c2ccccc2)cc1.Cc1ncc(-c2nc(-c3ccccc3)c(N)cc2C)cn1.[C-]#[N+]c1ccc(-c2nc(-c3ccccc3)c(NC(=O)Oc3ccc(C)cc3)cc2C)cn1. The molecule has 0 bridgehead atoms. The minimum absolute atomic E-state index is 0.00526. The van der Waals surface area contributed by atoms with Gasteiger partial charge < -0.3 is 25.8 Å². The summed E-state index contributed by atoms with van der Waals surface area (Å²) in [6.45, 7) is 20.6. The average Bonchev–Trinajstić information content (AvgIpc) is 0.827. The maximum atomic E-state index is 12.6. The highest BCUT2D eigenvalue weighted by molar-refractivity contribution is 7.90. The van der Waals surface area contributed by atoms with Crippen molar-refractivity contribution in [3.05, 3.63) is 312 Å². The molecule has 14 rings (SSSR count). The van der Waals surface area contributed by atoms with E-state index in [1.165, 1.54) is 24.5 Å². The summed E-state index contributed by atoms with van der Waals surface area (Å²) >= 11 is 0. The van der Waals surface area contributed by atoms with E-state index in [1.54, 1.807) is 61.1 Å². The smallest absolute Gasteiger partial charge is 0.410 e. The van der Waals surface area contributed by atoms with E-state index in [0.717, 1.165) is 113 Å². The number of nitrogens with two attached hydrogens (primary N) is 2. The van der Waals surface area contributed by atoms with Gasteiger partial charge in [0.2, 0.25) is 0 Å². The van der Waals surface area contributed by atoms with Crippen molar-refractivity contribution >= 4 is 60.4 Å². The van der Waals surface area contributed by atoms with Gasteiger partial charge in [0.25, 0.3) is 5.82 Å². The van der Waals surface area contributed by atoms with Crippen molar-refractivity contribution < 1.29 is 35.9 Å². The maximum Gasteiger partial charge on any atom is 0.417 e. The number of pyridine rings is 7. The molecule has 8 heterocycles. The number of nitrogens with one attached hydrogen (secondary N) is 2. The van der Waals surface area contributed by atoms with Crippen LogP contribution in [0.1, 0.15) is 39.2 Å². The third-order valence-corrected chi connectivity index (χ3v) is 19.0. The molecule has 6 aromatic carbocycles. The molecule has 0 radical (unpaired) electrons. The summed E-state index contributed by atoms with van der Waals surface area (Å²) in [5.74, 6) is 1.96. The van der Waals surface area contributed by atoms with Gasteiger partial charge in [0.1, 0.15) is 23.5 Å². The Bertz CT molecular complexity index is 5930. The monoisotopic (exact) mass is 1510 g/mol.